The summed E-state index contributed by atoms with van der Waals surface area (Å²) in [5, 5.41) is 0. The molecular weight excluding hydrogens is 235 g/mol. The fraction of sp³-hybridized carbons (Fsp3) is 0.538. The highest BCUT2D eigenvalue weighted by atomic mass is 32.2. The Morgan fingerprint density at radius 3 is 3.00 bits per heavy atom. The topological polar surface area (TPSA) is 29.3 Å². The van der Waals surface area contributed by atoms with Gasteiger partial charge >= 0.3 is 0 Å². The summed E-state index contributed by atoms with van der Waals surface area (Å²) in [6.45, 7) is 0.559. The molecule has 2 N–H and O–H groups in total. The molecule has 0 aliphatic carbocycles. The zero-order chi connectivity index (χ0) is 12.3. The van der Waals surface area contributed by atoms with Gasteiger partial charge in [0, 0.05) is 24.5 Å². The van der Waals surface area contributed by atoms with E-state index in [1.54, 1.807) is 6.07 Å². The standard InChI is InChI=1S/C13H19FN2S/c1-16(12-5-7-17-9-12)13-3-2-11(14)8-10(13)4-6-15/h2-3,8,12H,4-7,9,15H2,1H3. The minimum absolute atomic E-state index is 0.175. The van der Waals surface area contributed by atoms with E-state index in [1.165, 1.54) is 18.2 Å². The van der Waals surface area contributed by atoms with Gasteiger partial charge < -0.3 is 10.6 Å². The highest BCUT2D eigenvalue weighted by Gasteiger charge is 2.21. The Morgan fingerprint density at radius 1 is 1.53 bits per heavy atom. The van der Waals surface area contributed by atoms with E-state index >= 15 is 0 Å². The van der Waals surface area contributed by atoms with Crippen LogP contribution >= 0.6 is 11.8 Å². The number of thioether (sulfide) groups is 1. The van der Waals surface area contributed by atoms with E-state index in [4.69, 9.17) is 5.73 Å². The summed E-state index contributed by atoms with van der Waals surface area (Å²) < 4.78 is 13.2. The van der Waals surface area contributed by atoms with Gasteiger partial charge in [-0.3, -0.25) is 0 Å². The largest absolute Gasteiger partial charge is 0.371 e. The first-order chi connectivity index (χ1) is 8.22. The summed E-state index contributed by atoms with van der Waals surface area (Å²) in [4.78, 5) is 2.28. The first kappa shape index (κ1) is 12.7. The lowest BCUT2D eigenvalue weighted by Gasteiger charge is -2.28. The molecule has 1 aliphatic heterocycles. The predicted molar refractivity (Wildman–Crippen MR) is 73.3 cm³/mol. The molecule has 2 nitrogen and oxygen atoms in total. The molecule has 2 rings (SSSR count). The van der Waals surface area contributed by atoms with E-state index in [0.717, 1.165) is 23.4 Å². The van der Waals surface area contributed by atoms with Gasteiger partial charge in [0.15, 0.2) is 0 Å². The number of rotatable bonds is 4. The third kappa shape index (κ3) is 2.93. The molecular formula is C13H19FN2S. The van der Waals surface area contributed by atoms with Crippen molar-refractivity contribution in [2.45, 2.75) is 18.9 Å². The number of hydrogen-bond acceptors (Lipinski definition) is 3. The van der Waals surface area contributed by atoms with Crippen LogP contribution in [0.2, 0.25) is 0 Å². The van der Waals surface area contributed by atoms with Gasteiger partial charge in [0.25, 0.3) is 0 Å². The van der Waals surface area contributed by atoms with Gasteiger partial charge in [-0.05, 0) is 48.9 Å². The summed E-state index contributed by atoms with van der Waals surface area (Å²) in [6, 6.07) is 5.60. The van der Waals surface area contributed by atoms with Crippen LogP contribution in [0.25, 0.3) is 0 Å². The Bertz CT molecular complexity index is 378. The van der Waals surface area contributed by atoms with Gasteiger partial charge in [-0.15, -0.1) is 0 Å². The molecule has 1 unspecified atom stereocenters. The number of halogens is 1. The number of anilines is 1. The molecule has 1 aromatic carbocycles. The molecule has 1 fully saturated rings. The van der Waals surface area contributed by atoms with E-state index in [1.807, 2.05) is 17.8 Å². The second-order valence-electron chi connectivity index (χ2n) is 4.44. The smallest absolute Gasteiger partial charge is 0.123 e. The van der Waals surface area contributed by atoms with Crippen LogP contribution in [0.15, 0.2) is 18.2 Å². The molecule has 0 radical (unpaired) electrons. The zero-order valence-corrected chi connectivity index (χ0v) is 11.0. The predicted octanol–water partition coefficient (Wildman–Crippen LogP) is 2.27. The lowest BCUT2D eigenvalue weighted by atomic mass is 10.1. The normalized spacial score (nSPS) is 19.6. The molecule has 0 bridgehead atoms. The average Bonchev–Trinajstić information content (AvgIpc) is 2.82. The number of nitrogens with two attached hydrogens (primary N) is 1. The quantitative estimate of drug-likeness (QED) is 0.893. The van der Waals surface area contributed by atoms with Crippen molar-refractivity contribution in [1.82, 2.24) is 0 Å². The molecule has 0 aromatic heterocycles. The SMILES string of the molecule is CN(c1ccc(F)cc1CCN)C1CCSC1. The molecule has 0 spiro atoms. The lowest BCUT2D eigenvalue weighted by molar-refractivity contribution is 0.623. The van der Waals surface area contributed by atoms with Crippen LogP contribution in [0, 0.1) is 5.82 Å². The number of hydrogen-bond donors (Lipinski definition) is 1. The highest BCUT2D eigenvalue weighted by Crippen LogP contribution is 2.28. The molecule has 0 amide bonds. The minimum Gasteiger partial charge on any atom is -0.371 e. The molecule has 17 heavy (non-hydrogen) atoms. The van der Waals surface area contributed by atoms with Crippen molar-refractivity contribution in [3.8, 4) is 0 Å². The molecule has 1 aromatic rings. The fourth-order valence-electron chi connectivity index (χ4n) is 2.28. The van der Waals surface area contributed by atoms with E-state index in [9.17, 15) is 4.39 Å². The van der Waals surface area contributed by atoms with Gasteiger partial charge in [-0.2, -0.15) is 11.8 Å². The second-order valence-corrected chi connectivity index (χ2v) is 5.59. The van der Waals surface area contributed by atoms with Crippen LogP contribution < -0.4 is 10.6 Å². The van der Waals surface area contributed by atoms with Crippen molar-refractivity contribution in [1.29, 1.82) is 0 Å². The van der Waals surface area contributed by atoms with Gasteiger partial charge in [-0.25, -0.2) is 4.39 Å². The summed E-state index contributed by atoms with van der Waals surface area (Å²) in [5.74, 6) is 2.21. The van der Waals surface area contributed by atoms with Crippen molar-refractivity contribution < 1.29 is 4.39 Å². The van der Waals surface area contributed by atoms with Crippen LogP contribution in [0.3, 0.4) is 0 Å². The van der Waals surface area contributed by atoms with E-state index in [2.05, 4.69) is 11.9 Å². The van der Waals surface area contributed by atoms with Crippen molar-refractivity contribution in [3.05, 3.63) is 29.6 Å². The first-order valence-electron chi connectivity index (χ1n) is 6.01. The Hall–Kier alpha value is -0.740. The van der Waals surface area contributed by atoms with Crippen molar-refractivity contribution in [3.63, 3.8) is 0 Å². The van der Waals surface area contributed by atoms with Gasteiger partial charge in [0.1, 0.15) is 5.82 Å². The van der Waals surface area contributed by atoms with Crippen LogP contribution in [0.4, 0.5) is 10.1 Å². The Morgan fingerprint density at radius 2 is 2.35 bits per heavy atom. The summed E-state index contributed by atoms with van der Waals surface area (Å²) in [7, 11) is 2.10. The third-order valence-electron chi connectivity index (χ3n) is 3.29. The van der Waals surface area contributed by atoms with Crippen molar-refractivity contribution >= 4 is 17.4 Å². The minimum atomic E-state index is -0.175. The highest BCUT2D eigenvalue weighted by molar-refractivity contribution is 7.99. The summed E-state index contributed by atoms with van der Waals surface area (Å²) in [5.41, 5.74) is 7.74. The van der Waals surface area contributed by atoms with Crippen LogP contribution in [0.5, 0.6) is 0 Å². The Balaban J connectivity index is 2.23. The maximum atomic E-state index is 13.2. The van der Waals surface area contributed by atoms with E-state index in [-0.39, 0.29) is 5.82 Å². The summed E-state index contributed by atoms with van der Waals surface area (Å²) >= 11 is 1.99. The summed E-state index contributed by atoms with van der Waals surface area (Å²) in [6.07, 6.45) is 1.94. The maximum Gasteiger partial charge on any atom is 0.123 e. The molecule has 1 atom stereocenters. The third-order valence-corrected chi connectivity index (χ3v) is 4.43. The number of benzene rings is 1. The van der Waals surface area contributed by atoms with Gasteiger partial charge in [-0.1, -0.05) is 0 Å². The first-order valence-corrected chi connectivity index (χ1v) is 7.17. The van der Waals surface area contributed by atoms with Gasteiger partial charge in [0.05, 0.1) is 0 Å². The zero-order valence-electron chi connectivity index (χ0n) is 10.2. The molecule has 1 saturated heterocycles. The lowest BCUT2D eigenvalue weighted by Crippen LogP contribution is -2.32. The fourth-order valence-corrected chi connectivity index (χ4v) is 3.55. The Labute approximate surface area is 106 Å². The van der Waals surface area contributed by atoms with Crippen molar-refractivity contribution in [2.24, 2.45) is 5.73 Å². The van der Waals surface area contributed by atoms with Gasteiger partial charge in [0.2, 0.25) is 0 Å². The molecule has 1 aliphatic rings. The Kier molecular flexibility index (Phi) is 4.29. The average molecular weight is 254 g/mol. The van der Waals surface area contributed by atoms with Crippen molar-refractivity contribution in [2.75, 3.05) is 30.0 Å². The van der Waals surface area contributed by atoms with Crippen LogP contribution in [-0.4, -0.2) is 31.1 Å². The monoisotopic (exact) mass is 254 g/mol. The number of nitrogens with zero attached hydrogens (tertiary/aromatic N) is 1. The van der Waals surface area contributed by atoms with Crippen LogP contribution in [-0.2, 0) is 6.42 Å². The van der Waals surface area contributed by atoms with E-state index < -0.39 is 0 Å². The molecule has 94 valence electrons. The molecule has 4 heteroatoms. The molecule has 1 heterocycles. The molecule has 0 saturated carbocycles. The van der Waals surface area contributed by atoms with E-state index in [0.29, 0.717) is 12.6 Å². The maximum absolute atomic E-state index is 13.2. The van der Waals surface area contributed by atoms with Crippen LogP contribution in [0.1, 0.15) is 12.0 Å². The second kappa shape index (κ2) is 5.74.